The molecule has 0 aliphatic carbocycles. The summed E-state index contributed by atoms with van der Waals surface area (Å²) in [6, 6.07) is 11.0. The van der Waals surface area contributed by atoms with Crippen LogP contribution in [0.5, 0.6) is 5.75 Å². The van der Waals surface area contributed by atoms with Crippen molar-refractivity contribution in [1.82, 2.24) is 0 Å². The summed E-state index contributed by atoms with van der Waals surface area (Å²) >= 11 is 3.38. The average molecular weight is 428 g/mol. The number of aryl methyl sites for hydroxylation is 1. The molecule has 0 saturated heterocycles. The van der Waals surface area contributed by atoms with Gasteiger partial charge in [-0.3, -0.25) is 9.10 Å². The van der Waals surface area contributed by atoms with Crippen LogP contribution in [0, 0.1) is 6.92 Å². The molecule has 0 amide bonds. The van der Waals surface area contributed by atoms with Gasteiger partial charge in [-0.1, -0.05) is 15.9 Å². The Kier molecular flexibility index (Phi) is 6.07. The van der Waals surface area contributed by atoms with E-state index in [0.717, 1.165) is 14.3 Å². The highest BCUT2D eigenvalue weighted by molar-refractivity contribution is 9.10. The molecule has 0 radical (unpaired) electrons. The third-order valence-electron chi connectivity index (χ3n) is 3.58. The van der Waals surface area contributed by atoms with E-state index in [1.165, 1.54) is 26.4 Å². The second-order valence-electron chi connectivity index (χ2n) is 5.20. The summed E-state index contributed by atoms with van der Waals surface area (Å²) in [5.74, 6) is -0.115. The highest BCUT2D eigenvalue weighted by atomic mass is 79.9. The van der Waals surface area contributed by atoms with Gasteiger partial charge in [0.05, 0.1) is 24.8 Å². The summed E-state index contributed by atoms with van der Waals surface area (Å²) in [4.78, 5) is 11.8. The molecule has 0 saturated carbocycles. The molecule has 0 bridgehead atoms. The van der Waals surface area contributed by atoms with Gasteiger partial charge in [-0.25, -0.2) is 8.42 Å². The van der Waals surface area contributed by atoms with E-state index >= 15 is 0 Å². The monoisotopic (exact) mass is 427 g/mol. The van der Waals surface area contributed by atoms with E-state index < -0.39 is 22.5 Å². The van der Waals surface area contributed by atoms with Crippen molar-refractivity contribution < 1.29 is 22.7 Å². The Hall–Kier alpha value is -2.06. The Morgan fingerprint density at radius 1 is 1.12 bits per heavy atom. The minimum Gasteiger partial charge on any atom is -0.497 e. The zero-order chi connectivity index (χ0) is 18.6. The first-order valence-corrected chi connectivity index (χ1v) is 9.52. The fraction of sp³-hybridized carbons (Fsp3) is 0.235. The molecule has 8 heteroatoms. The molecular formula is C17H18BrNO5S. The lowest BCUT2D eigenvalue weighted by molar-refractivity contribution is -0.138. The van der Waals surface area contributed by atoms with E-state index in [1.807, 2.05) is 6.92 Å². The number of esters is 1. The molecule has 0 N–H and O–H groups in total. The van der Waals surface area contributed by atoms with Gasteiger partial charge in [0.1, 0.15) is 12.3 Å². The summed E-state index contributed by atoms with van der Waals surface area (Å²) in [6.45, 7) is 1.41. The summed E-state index contributed by atoms with van der Waals surface area (Å²) in [5.41, 5.74) is 1.22. The normalized spacial score (nSPS) is 11.0. The number of anilines is 1. The second kappa shape index (κ2) is 7.88. The van der Waals surface area contributed by atoms with Gasteiger partial charge in [0.2, 0.25) is 0 Å². The Labute approximate surface area is 155 Å². The first kappa shape index (κ1) is 19.3. The Balaban J connectivity index is 2.52. The fourth-order valence-electron chi connectivity index (χ4n) is 2.16. The van der Waals surface area contributed by atoms with Gasteiger partial charge >= 0.3 is 5.97 Å². The standard InChI is InChI=1S/C17H18BrNO5S/c1-12-10-13(4-9-16(12)18)19(11-17(20)24-3)25(21,22)15-7-5-14(23-2)6-8-15/h4-10H,11H2,1-3H3. The molecule has 134 valence electrons. The molecule has 0 unspecified atom stereocenters. The third kappa shape index (κ3) is 4.32. The van der Waals surface area contributed by atoms with Gasteiger partial charge in [0.15, 0.2) is 0 Å². The Morgan fingerprint density at radius 3 is 2.28 bits per heavy atom. The van der Waals surface area contributed by atoms with E-state index in [1.54, 1.807) is 30.3 Å². The van der Waals surface area contributed by atoms with Gasteiger partial charge in [-0.05, 0) is 55.0 Å². The number of rotatable bonds is 6. The first-order valence-electron chi connectivity index (χ1n) is 7.29. The van der Waals surface area contributed by atoms with Crippen molar-refractivity contribution in [2.24, 2.45) is 0 Å². The van der Waals surface area contributed by atoms with Crippen molar-refractivity contribution in [1.29, 1.82) is 0 Å². The molecule has 0 fully saturated rings. The molecule has 0 heterocycles. The summed E-state index contributed by atoms with van der Waals surface area (Å²) in [7, 11) is -1.24. The Morgan fingerprint density at radius 2 is 1.76 bits per heavy atom. The number of benzene rings is 2. The van der Waals surface area contributed by atoms with Crippen LogP contribution in [0.3, 0.4) is 0 Å². The topological polar surface area (TPSA) is 72.9 Å². The number of ether oxygens (including phenoxy) is 2. The smallest absolute Gasteiger partial charge is 0.326 e. The molecule has 0 aliphatic rings. The molecule has 2 aromatic carbocycles. The SMILES string of the molecule is COC(=O)CN(c1ccc(Br)c(C)c1)S(=O)(=O)c1ccc(OC)cc1. The zero-order valence-electron chi connectivity index (χ0n) is 14.0. The number of carbonyl (C=O) groups is 1. The molecule has 25 heavy (non-hydrogen) atoms. The van der Waals surface area contributed by atoms with Crippen molar-refractivity contribution in [3.8, 4) is 5.75 Å². The summed E-state index contributed by atoms with van der Waals surface area (Å²) in [6.07, 6.45) is 0. The van der Waals surface area contributed by atoms with Crippen molar-refractivity contribution in [2.45, 2.75) is 11.8 Å². The highest BCUT2D eigenvalue weighted by Gasteiger charge is 2.27. The molecular weight excluding hydrogens is 410 g/mol. The van der Waals surface area contributed by atoms with E-state index in [2.05, 4.69) is 20.7 Å². The maximum absolute atomic E-state index is 13.0. The number of carbonyl (C=O) groups excluding carboxylic acids is 1. The van der Waals surface area contributed by atoms with Crippen LogP contribution in [0.2, 0.25) is 0 Å². The molecule has 2 rings (SSSR count). The van der Waals surface area contributed by atoms with Crippen LogP contribution in [0.1, 0.15) is 5.56 Å². The van der Waals surface area contributed by atoms with Crippen LogP contribution in [-0.4, -0.2) is 35.2 Å². The molecule has 6 nitrogen and oxygen atoms in total. The quantitative estimate of drug-likeness (QED) is 0.662. The molecule has 0 aromatic heterocycles. The van der Waals surface area contributed by atoms with Gasteiger partial charge in [-0.2, -0.15) is 0 Å². The van der Waals surface area contributed by atoms with E-state index in [-0.39, 0.29) is 4.90 Å². The van der Waals surface area contributed by atoms with Crippen LogP contribution >= 0.6 is 15.9 Å². The van der Waals surface area contributed by atoms with Gasteiger partial charge < -0.3 is 9.47 Å². The first-order chi connectivity index (χ1) is 11.8. The predicted octanol–water partition coefficient (Wildman–Crippen LogP) is 3.13. The summed E-state index contributed by atoms with van der Waals surface area (Å²) in [5, 5.41) is 0. The van der Waals surface area contributed by atoms with Crippen LogP contribution in [0.25, 0.3) is 0 Å². The molecule has 2 aromatic rings. The van der Waals surface area contributed by atoms with Gasteiger partial charge in [0, 0.05) is 4.47 Å². The maximum Gasteiger partial charge on any atom is 0.326 e. The lowest BCUT2D eigenvalue weighted by Gasteiger charge is -2.24. The van der Waals surface area contributed by atoms with Crippen molar-refractivity contribution in [3.63, 3.8) is 0 Å². The third-order valence-corrected chi connectivity index (χ3v) is 6.26. The zero-order valence-corrected chi connectivity index (χ0v) is 16.4. The van der Waals surface area contributed by atoms with Crippen molar-refractivity contribution >= 4 is 37.6 Å². The van der Waals surface area contributed by atoms with Crippen molar-refractivity contribution in [2.75, 3.05) is 25.1 Å². The van der Waals surface area contributed by atoms with E-state index in [0.29, 0.717) is 11.4 Å². The molecule has 0 aliphatic heterocycles. The fourth-order valence-corrected chi connectivity index (χ4v) is 3.80. The van der Waals surface area contributed by atoms with E-state index in [9.17, 15) is 13.2 Å². The molecule has 0 spiro atoms. The minimum absolute atomic E-state index is 0.0535. The van der Waals surface area contributed by atoms with Crippen LogP contribution in [-0.2, 0) is 19.6 Å². The number of methoxy groups -OCH3 is 2. The minimum atomic E-state index is -3.95. The lowest BCUT2D eigenvalue weighted by Crippen LogP contribution is -2.36. The number of halogens is 1. The lowest BCUT2D eigenvalue weighted by atomic mass is 10.2. The average Bonchev–Trinajstić information content (AvgIpc) is 2.61. The highest BCUT2D eigenvalue weighted by Crippen LogP contribution is 2.28. The van der Waals surface area contributed by atoms with E-state index in [4.69, 9.17) is 4.74 Å². The number of sulfonamides is 1. The Bertz CT molecular complexity index is 865. The number of hydrogen-bond donors (Lipinski definition) is 0. The molecule has 0 atom stereocenters. The van der Waals surface area contributed by atoms with Crippen LogP contribution in [0.4, 0.5) is 5.69 Å². The number of nitrogens with zero attached hydrogens (tertiary/aromatic N) is 1. The second-order valence-corrected chi connectivity index (χ2v) is 7.91. The number of hydrogen-bond acceptors (Lipinski definition) is 5. The van der Waals surface area contributed by atoms with Crippen LogP contribution in [0.15, 0.2) is 51.8 Å². The van der Waals surface area contributed by atoms with Crippen molar-refractivity contribution in [3.05, 3.63) is 52.5 Å². The largest absolute Gasteiger partial charge is 0.497 e. The van der Waals surface area contributed by atoms with Crippen LogP contribution < -0.4 is 9.04 Å². The van der Waals surface area contributed by atoms with Gasteiger partial charge in [-0.15, -0.1) is 0 Å². The predicted molar refractivity (Wildman–Crippen MR) is 98.4 cm³/mol. The summed E-state index contributed by atoms with van der Waals surface area (Å²) < 4.78 is 37.7. The van der Waals surface area contributed by atoms with Gasteiger partial charge in [0.25, 0.3) is 10.0 Å². The maximum atomic E-state index is 13.0.